The highest BCUT2D eigenvalue weighted by Crippen LogP contribution is 2.09. The molecule has 2 N–H and O–H groups in total. The van der Waals surface area contributed by atoms with E-state index in [-0.39, 0.29) is 18.0 Å². The van der Waals surface area contributed by atoms with Crippen LogP contribution in [0.5, 0.6) is 0 Å². The van der Waals surface area contributed by atoms with E-state index < -0.39 is 0 Å². The number of carbonyl (C=O) groups excluding carboxylic acids is 1. The lowest BCUT2D eigenvalue weighted by molar-refractivity contribution is 0.0755. The molecule has 24 heavy (non-hydrogen) atoms. The second-order valence-electron chi connectivity index (χ2n) is 6.13. The molecule has 0 bridgehead atoms. The third kappa shape index (κ3) is 6.20. The van der Waals surface area contributed by atoms with Gasteiger partial charge in [0.05, 0.1) is 6.61 Å². The van der Waals surface area contributed by atoms with Crippen LogP contribution in [-0.4, -0.2) is 56.7 Å². The normalized spacial score (nSPS) is 12.9. The quantitative estimate of drug-likeness (QED) is 0.590. The van der Waals surface area contributed by atoms with Gasteiger partial charge in [0.25, 0.3) is 5.91 Å². The average molecular weight is 334 g/mol. The number of methoxy groups -OCH3 is 1. The number of guanidine groups is 1. The van der Waals surface area contributed by atoms with Crippen molar-refractivity contribution >= 4 is 11.9 Å². The Labute approximate surface area is 145 Å². The Morgan fingerprint density at radius 2 is 1.88 bits per heavy atom. The van der Waals surface area contributed by atoms with Crippen molar-refractivity contribution in [2.75, 3.05) is 27.8 Å². The number of carbonyl (C=O) groups is 1. The van der Waals surface area contributed by atoms with E-state index in [0.717, 1.165) is 11.5 Å². The SMILES string of the molecule is CN=C(NCc1ccc(C(=O)N(C)C(C)C)cc1)N[C@H](C)COC. The molecule has 0 radical (unpaired) electrons. The van der Waals surface area contributed by atoms with E-state index in [0.29, 0.717) is 18.7 Å². The molecule has 0 heterocycles. The van der Waals surface area contributed by atoms with Crippen LogP contribution in [0, 0.1) is 0 Å². The van der Waals surface area contributed by atoms with Crippen molar-refractivity contribution in [1.82, 2.24) is 15.5 Å². The summed E-state index contributed by atoms with van der Waals surface area (Å²) in [5, 5.41) is 6.50. The van der Waals surface area contributed by atoms with Crippen molar-refractivity contribution < 1.29 is 9.53 Å². The maximum absolute atomic E-state index is 12.3. The average Bonchev–Trinajstić information content (AvgIpc) is 2.57. The molecule has 6 heteroatoms. The van der Waals surface area contributed by atoms with Gasteiger partial charge in [0.1, 0.15) is 0 Å². The molecule has 0 fully saturated rings. The summed E-state index contributed by atoms with van der Waals surface area (Å²) < 4.78 is 5.10. The van der Waals surface area contributed by atoms with Gasteiger partial charge in [0.15, 0.2) is 5.96 Å². The van der Waals surface area contributed by atoms with Gasteiger partial charge in [0, 0.05) is 45.4 Å². The topological polar surface area (TPSA) is 66.0 Å². The number of aliphatic imine (C=N–C) groups is 1. The van der Waals surface area contributed by atoms with Crippen LogP contribution in [0.25, 0.3) is 0 Å². The lowest BCUT2D eigenvalue weighted by Gasteiger charge is -2.21. The predicted octanol–water partition coefficient (Wildman–Crippen LogP) is 1.87. The molecule has 0 unspecified atom stereocenters. The summed E-state index contributed by atoms with van der Waals surface area (Å²) >= 11 is 0. The van der Waals surface area contributed by atoms with Crippen LogP contribution >= 0.6 is 0 Å². The zero-order chi connectivity index (χ0) is 18.1. The van der Waals surface area contributed by atoms with E-state index in [4.69, 9.17) is 4.74 Å². The third-order valence-electron chi connectivity index (χ3n) is 3.78. The Kier molecular flexibility index (Phi) is 8.26. The van der Waals surface area contributed by atoms with Crippen LogP contribution in [-0.2, 0) is 11.3 Å². The molecule has 1 aromatic carbocycles. The van der Waals surface area contributed by atoms with Crippen molar-refractivity contribution in [3.63, 3.8) is 0 Å². The molecule has 1 amide bonds. The van der Waals surface area contributed by atoms with Gasteiger partial charge in [0.2, 0.25) is 0 Å². The number of hydrogen-bond acceptors (Lipinski definition) is 3. The fourth-order valence-electron chi connectivity index (χ4n) is 2.11. The van der Waals surface area contributed by atoms with Gasteiger partial charge in [-0.2, -0.15) is 0 Å². The largest absolute Gasteiger partial charge is 0.383 e. The number of nitrogens with one attached hydrogen (secondary N) is 2. The first-order valence-corrected chi connectivity index (χ1v) is 8.21. The first-order valence-electron chi connectivity index (χ1n) is 8.21. The molecular weight excluding hydrogens is 304 g/mol. The summed E-state index contributed by atoms with van der Waals surface area (Å²) in [7, 11) is 5.23. The minimum Gasteiger partial charge on any atom is -0.383 e. The predicted molar refractivity (Wildman–Crippen MR) is 98.3 cm³/mol. The van der Waals surface area contributed by atoms with Gasteiger partial charge in [-0.05, 0) is 38.5 Å². The van der Waals surface area contributed by atoms with Crippen LogP contribution in [0.3, 0.4) is 0 Å². The summed E-state index contributed by atoms with van der Waals surface area (Å²) in [4.78, 5) is 18.2. The van der Waals surface area contributed by atoms with Crippen molar-refractivity contribution in [2.45, 2.75) is 39.4 Å². The van der Waals surface area contributed by atoms with Crippen molar-refractivity contribution in [3.05, 3.63) is 35.4 Å². The number of hydrogen-bond donors (Lipinski definition) is 2. The highest BCUT2D eigenvalue weighted by Gasteiger charge is 2.14. The maximum atomic E-state index is 12.3. The Bertz CT molecular complexity index is 540. The smallest absolute Gasteiger partial charge is 0.253 e. The molecule has 0 aliphatic rings. The van der Waals surface area contributed by atoms with Crippen LogP contribution in [0.2, 0.25) is 0 Å². The van der Waals surface area contributed by atoms with E-state index in [1.54, 1.807) is 19.1 Å². The molecule has 0 saturated heterocycles. The highest BCUT2D eigenvalue weighted by molar-refractivity contribution is 5.94. The maximum Gasteiger partial charge on any atom is 0.253 e. The standard InChI is InChI=1S/C18H30N4O2/c1-13(2)22(5)17(23)16-9-7-15(8-10-16)11-20-18(19-4)21-14(3)12-24-6/h7-10,13-14H,11-12H2,1-6H3,(H2,19,20,21)/t14-/m1/s1. The second-order valence-corrected chi connectivity index (χ2v) is 6.13. The summed E-state index contributed by atoms with van der Waals surface area (Å²) in [5.41, 5.74) is 1.78. The fourth-order valence-corrected chi connectivity index (χ4v) is 2.11. The van der Waals surface area contributed by atoms with Crippen molar-refractivity contribution in [2.24, 2.45) is 4.99 Å². The molecular formula is C18H30N4O2. The molecule has 0 aromatic heterocycles. The minimum absolute atomic E-state index is 0.0374. The third-order valence-corrected chi connectivity index (χ3v) is 3.78. The summed E-state index contributed by atoms with van der Waals surface area (Å²) in [5.74, 6) is 0.759. The zero-order valence-corrected chi connectivity index (χ0v) is 15.6. The summed E-state index contributed by atoms with van der Waals surface area (Å²) in [6.45, 7) is 7.27. The first-order chi connectivity index (χ1) is 11.4. The Morgan fingerprint density at radius 1 is 1.25 bits per heavy atom. The fraction of sp³-hybridized carbons (Fsp3) is 0.556. The zero-order valence-electron chi connectivity index (χ0n) is 15.6. The molecule has 0 saturated carbocycles. The molecule has 134 valence electrons. The van der Waals surface area contributed by atoms with Gasteiger partial charge in [-0.15, -0.1) is 0 Å². The number of nitrogens with zero attached hydrogens (tertiary/aromatic N) is 2. The molecule has 1 rings (SSSR count). The monoisotopic (exact) mass is 334 g/mol. The molecule has 0 spiro atoms. The lowest BCUT2D eigenvalue weighted by atomic mass is 10.1. The summed E-state index contributed by atoms with van der Waals surface area (Å²) in [6.07, 6.45) is 0. The molecule has 6 nitrogen and oxygen atoms in total. The summed E-state index contributed by atoms with van der Waals surface area (Å²) in [6, 6.07) is 8.00. The Morgan fingerprint density at radius 3 is 2.38 bits per heavy atom. The lowest BCUT2D eigenvalue weighted by Crippen LogP contribution is -2.43. The van der Waals surface area contributed by atoms with Crippen LogP contribution in [0.4, 0.5) is 0 Å². The van der Waals surface area contributed by atoms with Gasteiger partial charge in [-0.25, -0.2) is 0 Å². The number of benzene rings is 1. The van der Waals surface area contributed by atoms with E-state index in [9.17, 15) is 4.79 Å². The van der Waals surface area contributed by atoms with Crippen LogP contribution < -0.4 is 10.6 Å². The van der Waals surface area contributed by atoms with Crippen molar-refractivity contribution in [3.8, 4) is 0 Å². The van der Waals surface area contributed by atoms with E-state index in [1.807, 2.05) is 52.1 Å². The van der Waals surface area contributed by atoms with E-state index in [2.05, 4.69) is 15.6 Å². The number of amides is 1. The van der Waals surface area contributed by atoms with Crippen molar-refractivity contribution in [1.29, 1.82) is 0 Å². The molecule has 0 aliphatic carbocycles. The number of rotatable bonds is 7. The molecule has 1 atom stereocenters. The van der Waals surface area contributed by atoms with Crippen LogP contribution in [0.15, 0.2) is 29.3 Å². The van der Waals surface area contributed by atoms with Gasteiger partial charge in [-0.3, -0.25) is 9.79 Å². The van der Waals surface area contributed by atoms with E-state index >= 15 is 0 Å². The first kappa shape index (κ1) is 20.0. The van der Waals surface area contributed by atoms with E-state index in [1.165, 1.54) is 0 Å². The van der Waals surface area contributed by atoms with Gasteiger partial charge < -0.3 is 20.3 Å². The molecule has 0 aliphatic heterocycles. The highest BCUT2D eigenvalue weighted by atomic mass is 16.5. The van der Waals surface area contributed by atoms with Gasteiger partial charge in [-0.1, -0.05) is 12.1 Å². The molecule has 1 aromatic rings. The Balaban J connectivity index is 2.59. The Hall–Kier alpha value is -2.08. The van der Waals surface area contributed by atoms with Crippen LogP contribution in [0.1, 0.15) is 36.7 Å². The number of ether oxygens (including phenoxy) is 1. The minimum atomic E-state index is 0.0374. The van der Waals surface area contributed by atoms with Gasteiger partial charge >= 0.3 is 0 Å². The second kappa shape index (κ2) is 9.93.